The molecule has 4 aliphatic rings. The van der Waals surface area contributed by atoms with Crippen LogP contribution >= 0.6 is 15.9 Å². The summed E-state index contributed by atoms with van der Waals surface area (Å²) in [5, 5.41) is 11.8. The van der Waals surface area contributed by atoms with Gasteiger partial charge in [-0.3, -0.25) is 24.6 Å². The molecule has 2 aliphatic carbocycles. The molecule has 7 rings (SSSR count). The summed E-state index contributed by atoms with van der Waals surface area (Å²) >= 11 is 3.43. The number of hydrazine groups is 1. The van der Waals surface area contributed by atoms with Crippen LogP contribution in [0.2, 0.25) is 0 Å². The van der Waals surface area contributed by atoms with Gasteiger partial charge in [0.15, 0.2) is 11.5 Å². The van der Waals surface area contributed by atoms with Crippen molar-refractivity contribution in [1.29, 1.82) is 0 Å². The second-order valence-corrected chi connectivity index (χ2v) is 13.3. The number of nitrogens with two attached hydrogens (primary N) is 1. The Bertz CT molecular complexity index is 1900. The third-order valence-electron chi connectivity index (χ3n) is 10.2. The molecule has 0 spiro atoms. The highest BCUT2D eigenvalue weighted by Crippen LogP contribution is 2.64. The number of phenols is 1. The first kappa shape index (κ1) is 30.7. The number of urea groups is 1. The predicted octanol–water partition coefficient (Wildman–Crippen LogP) is 4.54. The van der Waals surface area contributed by atoms with Gasteiger partial charge in [-0.05, 0) is 77.0 Å². The number of halogens is 1. The number of methoxy groups -OCH3 is 1. The highest BCUT2D eigenvalue weighted by atomic mass is 79.9. The van der Waals surface area contributed by atoms with Crippen molar-refractivity contribution in [2.24, 2.45) is 29.4 Å². The minimum absolute atomic E-state index is 0.0665. The third-order valence-corrected chi connectivity index (χ3v) is 10.8. The topological polar surface area (TPSA) is 159 Å². The largest absolute Gasteiger partial charge is 0.503 e. The Hall–Kier alpha value is -4.97. The summed E-state index contributed by atoms with van der Waals surface area (Å²) in [7, 11) is 1.41. The number of allylic oxidation sites excluding steroid dienone is 2. The minimum atomic E-state index is -1.50. The van der Waals surface area contributed by atoms with Gasteiger partial charge >= 0.3 is 6.03 Å². The number of ether oxygens (including phenoxy) is 1. The highest BCUT2D eigenvalue weighted by Gasteiger charge is 2.70. The predicted molar refractivity (Wildman–Crippen MR) is 173 cm³/mol. The van der Waals surface area contributed by atoms with E-state index in [9.17, 15) is 24.3 Å². The molecule has 1 saturated carbocycles. The number of benzene rings is 3. The van der Waals surface area contributed by atoms with Crippen molar-refractivity contribution in [3.05, 3.63) is 99.5 Å². The number of nitrogens with one attached hydrogen (secondary N) is 1. The van der Waals surface area contributed by atoms with E-state index in [1.165, 1.54) is 7.11 Å². The molecule has 2 heterocycles. The molecule has 3 aromatic carbocycles. The molecule has 4 N–H and O–H groups in total. The average Bonchev–Trinajstić information content (AvgIpc) is 3.44. The van der Waals surface area contributed by atoms with Crippen molar-refractivity contribution < 1.29 is 33.8 Å². The van der Waals surface area contributed by atoms with Gasteiger partial charge in [-0.15, -0.1) is 0 Å². The van der Waals surface area contributed by atoms with Crippen LogP contribution in [0.3, 0.4) is 0 Å². The molecule has 6 unspecified atom stereocenters. The van der Waals surface area contributed by atoms with Crippen LogP contribution < -0.4 is 15.9 Å². The molecule has 2 aliphatic heterocycles. The molecule has 3 fully saturated rings. The van der Waals surface area contributed by atoms with Gasteiger partial charge in [0.05, 0.1) is 40.4 Å². The average molecular weight is 700 g/mol. The molecule has 240 valence electrons. The first-order valence-corrected chi connectivity index (χ1v) is 16.0. The number of nitrogens with zero attached hydrogens (tertiary/aromatic N) is 2. The van der Waals surface area contributed by atoms with Crippen LogP contribution in [0, 0.1) is 30.6 Å². The standard InChI is InChI=1S/C35H31BrN4O7/c1-17-8-10-20(11-9-17)38-40-31(43)24-16-23-21(12-13-22-27(23)32(44)39(30(22)42)34(37)46)28(18-14-25(36)29(41)26(15-18)47-2)35(24,33(40)45)19-6-4-3-5-7-19/h3-12,14-15,22-24,27-28,38,41H,13,16H2,1-2H3,(H2,37,46). The summed E-state index contributed by atoms with van der Waals surface area (Å²) in [4.78, 5) is 69.5. The van der Waals surface area contributed by atoms with Gasteiger partial charge in [-0.25, -0.2) is 4.79 Å². The number of amides is 6. The quantitative estimate of drug-likeness (QED) is 0.259. The highest BCUT2D eigenvalue weighted by molar-refractivity contribution is 9.10. The van der Waals surface area contributed by atoms with Gasteiger partial charge in [-0.2, -0.15) is 9.91 Å². The molecule has 6 atom stereocenters. The van der Waals surface area contributed by atoms with Crippen LogP contribution in [-0.4, -0.2) is 51.8 Å². The number of hydrogen-bond donors (Lipinski definition) is 3. The smallest absolute Gasteiger partial charge is 0.328 e. The van der Waals surface area contributed by atoms with Gasteiger partial charge in [0.2, 0.25) is 11.8 Å². The summed E-state index contributed by atoms with van der Waals surface area (Å²) in [6, 6.07) is 18.5. The van der Waals surface area contributed by atoms with Crippen LogP contribution in [0.5, 0.6) is 11.5 Å². The number of aryl methyl sites for hydroxylation is 1. The number of carbonyl (C=O) groups excluding carboxylic acids is 5. The second kappa shape index (κ2) is 11.1. The molecule has 12 heteroatoms. The van der Waals surface area contributed by atoms with Crippen molar-refractivity contribution in [3.63, 3.8) is 0 Å². The molecule has 6 amide bonds. The fraction of sp³-hybridized carbons (Fsp3) is 0.286. The monoisotopic (exact) mass is 698 g/mol. The van der Waals surface area contributed by atoms with Gasteiger partial charge in [0.25, 0.3) is 11.8 Å². The number of primary amides is 1. The third kappa shape index (κ3) is 4.34. The lowest BCUT2D eigenvalue weighted by atomic mass is 9.49. The van der Waals surface area contributed by atoms with Gasteiger partial charge in [0, 0.05) is 5.92 Å². The lowest BCUT2D eigenvalue weighted by Crippen LogP contribution is -2.53. The summed E-state index contributed by atoms with van der Waals surface area (Å²) < 4.78 is 5.82. The van der Waals surface area contributed by atoms with Crippen molar-refractivity contribution in [2.45, 2.75) is 31.1 Å². The SMILES string of the molecule is COc1cc(C2C3=CCC4C(=O)N(C(N)=O)C(=O)C4C3CC3C(=O)N(Nc4ccc(C)cc4)C(=O)C32c2ccccc2)cc(Br)c1O. The summed E-state index contributed by atoms with van der Waals surface area (Å²) in [5.74, 6) is -6.61. The Balaban J connectivity index is 1.48. The van der Waals surface area contributed by atoms with Crippen LogP contribution in [0.25, 0.3) is 0 Å². The molecule has 47 heavy (non-hydrogen) atoms. The van der Waals surface area contributed by atoms with E-state index in [4.69, 9.17) is 10.5 Å². The normalized spacial score (nSPS) is 28.1. The molecule has 11 nitrogen and oxygen atoms in total. The number of fused-ring (bicyclic) bond motifs is 4. The van der Waals surface area contributed by atoms with Crippen LogP contribution in [0.1, 0.15) is 35.4 Å². The van der Waals surface area contributed by atoms with E-state index < -0.39 is 64.7 Å². The molecule has 0 aromatic heterocycles. The van der Waals surface area contributed by atoms with E-state index >= 15 is 4.79 Å². The molecule has 0 bridgehead atoms. The summed E-state index contributed by atoms with van der Waals surface area (Å²) in [5.41, 5.74) is 10.4. The lowest BCUT2D eigenvalue weighted by molar-refractivity contribution is -0.139. The Morgan fingerprint density at radius 2 is 1.70 bits per heavy atom. The number of likely N-dealkylation sites (tertiary alicyclic amines) is 1. The zero-order valence-electron chi connectivity index (χ0n) is 25.5. The van der Waals surface area contributed by atoms with Crippen LogP contribution in [-0.2, 0) is 24.6 Å². The van der Waals surface area contributed by atoms with E-state index in [2.05, 4.69) is 21.4 Å². The van der Waals surface area contributed by atoms with Gasteiger partial charge in [-0.1, -0.05) is 59.7 Å². The Morgan fingerprint density at radius 1 is 1.00 bits per heavy atom. The van der Waals surface area contributed by atoms with Crippen molar-refractivity contribution in [1.82, 2.24) is 9.91 Å². The van der Waals surface area contributed by atoms with Crippen molar-refractivity contribution in [2.75, 3.05) is 12.5 Å². The van der Waals surface area contributed by atoms with E-state index in [-0.39, 0.29) is 24.3 Å². The minimum Gasteiger partial charge on any atom is -0.503 e. The summed E-state index contributed by atoms with van der Waals surface area (Å²) in [6.45, 7) is 1.93. The zero-order chi connectivity index (χ0) is 33.4. The van der Waals surface area contributed by atoms with E-state index in [0.29, 0.717) is 31.8 Å². The fourth-order valence-corrected chi connectivity index (χ4v) is 8.72. The van der Waals surface area contributed by atoms with Crippen LogP contribution in [0.15, 0.2) is 82.9 Å². The number of hydrogen-bond acceptors (Lipinski definition) is 8. The van der Waals surface area contributed by atoms with E-state index in [1.54, 1.807) is 36.4 Å². The molecule has 0 radical (unpaired) electrons. The number of aromatic hydroxyl groups is 1. The zero-order valence-corrected chi connectivity index (χ0v) is 27.1. The first-order valence-electron chi connectivity index (χ1n) is 15.2. The van der Waals surface area contributed by atoms with Gasteiger partial charge in [0.1, 0.15) is 0 Å². The summed E-state index contributed by atoms with van der Waals surface area (Å²) in [6.07, 6.45) is 2.08. The Morgan fingerprint density at radius 3 is 2.36 bits per heavy atom. The van der Waals surface area contributed by atoms with Crippen LogP contribution in [0.4, 0.5) is 10.5 Å². The fourth-order valence-electron chi connectivity index (χ4n) is 8.26. The number of carbonyl (C=O) groups is 5. The Kier molecular flexibility index (Phi) is 7.23. The van der Waals surface area contributed by atoms with E-state index in [1.807, 2.05) is 43.3 Å². The number of anilines is 1. The second-order valence-electron chi connectivity index (χ2n) is 12.5. The number of rotatable bonds is 5. The molecule has 2 saturated heterocycles. The maximum atomic E-state index is 15.1. The molecular formula is C35H31BrN4O7. The maximum Gasteiger partial charge on any atom is 0.328 e. The first-order chi connectivity index (χ1) is 22.5. The number of phenolic OH excluding ortho intramolecular Hbond substituents is 1. The number of imide groups is 4. The maximum absolute atomic E-state index is 15.1. The molecule has 3 aromatic rings. The van der Waals surface area contributed by atoms with Crippen molar-refractivity contribution in [3.8, 4) is 11.5 Å². The molecular weight excluding hydrogens is 668 g/mol. The lowest BCUT2D eigenvalue weighted by Gasteiger charge is -2.50. The Labute approximate surface area is 278 Å². The van der Waals surface area contributed by atoms with Gasteiger partial charge < -0.3 is 15.6 Å². The van der Waals surface area contributed by atoms with E-state index in [0.717, 1.165) is 10.6 Å². The van der Waals surface area contributed by atoms with Crippen molar-refractivity contribution >= 4 is 51.3 Å².